The number of nitrogens with zero attached hydrogens (tertiary/aromatic N) is 4. The van der Waals surface area contributed by atoms with Gasteiger partial charge in [0.15, 0.2) is 5.82 Å². The SMILES string of the molecule is CC(C)N(CCCNC(=O)Nc1ccccc1)C[C@H]1C[C@@H](c2ccc3c(N)ncnn23)[C@H](O)[C@@H]1O. The number of hydrogen-bond acceptors (Lipinski definition) is 7. The van der Waals surface area contributed by atoms with Gasteiger partial charge in [-0.1, -0.05) is 18.2 Å². The standard InChI is InChI=1S/C25H35N7O3/c1-16(2)31(12-6-11-27-25(35)30-18-7-4-3-5-8-18)14-17-13-19(23(34)22(17)33)20-9-10-21-24(26)28-15-29-32(20)21/h3-5,7-10,15-17,19,22-23,33-34H,6,11-14H2,1-2H3,(H2,26,28,29)(H2,27,30,35)/t17-,19+,22-,23+/m1/s1. The van der Waals surface area contributed by atoms with Crippen LogP contribution in [0.15, 0.2) is 48.8 Å². The van der Waals surface area contributed by atoms with Gasteiger partial charge >= 0.3 is 6.03 Å². The third kappa shape index (κ3) is 5.72. The van der Waals surface area contributed by atoms with Gasteiger partial charge in [0.1, 0.15) is 11.8 Å². The maximum atomic E-state index is 12.1. The van der Waals surface area contributed by atoms with Crippen LogP contribution >= 0.6 is 0 Å². The van der Waals surface area contributed by atoms with Crippen LogP contribution in [0.2, 0.25) is 0 Å². The number of nitrogens with one attached hydrogen (secondary N) is 2. The zero-order valence-electron chi connectivity index (χ0n) is 20.2. The number of aromatic nitrogens is 3. The number of aliphatic hydroxyl groups is 2. The first-order valence-electron chi connectivity index (χ1n) is 12.1. The van der Waals surface area contributed by atoms with Gasteiger partial charge in [-0.15, -0.1) is 0 Å². The molecule has 2 heterocycles. The molecular weight excluding hydrogens is 446 g/mol. The molecule has 4 rings (SSSR count). The van der Waals surface area contributed by atoms with Crippen molar-refractivity contribution in [2.24, 2.45) is 5.92 Å². The fourth-order valence-electron chi connectivity index (χ4n) is 4.90. The topological polar surface area (TPSA) is 141 Å². The molecule has 0 bridgehead atoms. The Morgan fingerprint density at radius 3 is 2.71 bits per heavy atom. The van der Waals surface area contributed by atoms with E-state index in [1.54, 1.807) is 4.52 Å². The first-order chi connectivity index (χ1) is 16.8. The molecule has 10 heteroatoms. The van der Waals surface area contributed by atoms with Crippen LogP contribution in [0.1, 0.15) is 38.3 Å². The maximum absolute atomic E-state index is 12.1. The number of nitrogens with two attached hydrogens (primary N) is 1. The number of rotatable bonds is 9. The van der Waals surface area contributed by atoms with Crippen LogP contribution in [0.3, 0.4) is 0 Å². The number of urea groups is 1. The third-order valence-electron chi connectivity index (χ3n) is 6.83. The number of anilines is 2. The summed E-state index contributed by atoms with van der Waals surface area (Å²) >= 11 is 0. The molecular formula is C25H35N7O3. The van der Waals surface area contributed by atoms with Crippen LogP contribution in [0.4, 0.5) is 16.3 Å². The van der Waals surface area contributed by atoms with Gasteiger partial charge < -0.3 is 31.5 Å². The van der Waals surface area contributed by atoms with E-state index in [0.29, 0.717) is 30.8 Å². The molecule has 0 saturated heterocycles. The second-order valence-electron chi connectivity index (χ2n) is 9.47. The quantitative estimate of drug-likeness (QED) is 0.295. The van der Waals surface area contributed by atoms with E-state index >= 15 is 0 Å². The number of carbonyl (C=O) groups is 1. The first kappa shape index (κ1) is 24.9. The van der Waals surface area contributed by atoms with Crippen LogP contribution < -0.4 is 16.4 Å². The van der Waals surface area contributed by atoms with Crippen LogP contribution in [0.25, 0.3) is 5.52 Å². The zero-order chi connectivity index (χ0) is 24.9. The summed E-state index contributed by atoms with van der Waals surface area (Å²) in [6, 6.07) is 13.1. The lowest BCUT2D eigenvalue weighted by Gasteiger charge is -2.30. The van der Waals surface area contributed by atoms with E-state index in [1.165, 1.54) is 6.33 Å². The van der Waals surface area contributed by atoms with Crippen molar-refractivity contribution in [3.8, 4) is 0 Å². The van der Waals surface area contributed by atoms with E-state index in [9.17, 15) is 15.0 Å². The minimum atomic E-state index is -0.883. The maximum Gasteiger partial charge on any atom is 0.319 e. The molecule has 6 N–H and O–H groups in total. The molecule has 0 radical (unpaired) electrons. The highest BCUT2D eigenvalue weighted by atomic mass is 16.3. The molecule has 3 aromatic rings. The Morgan fingerprint density at radius 1 is 1.20 bits per heavy atom. The molecule has 1 fully saturated rings. The van der Waals surface area contributed by atoms with Crippen molar-refractivity contribution in [3.63, 3.8) is 0 Å². The second kappa shape index (κ2) is 11.0. The van der Waals surface area contributed by atoms with Crippen molar-refractivity contribution in [2.75, 3.05) is 30.7 Å². The van der Waals surface area contributed by atoms with Gasteiger partial charge in [0.2, 0.25) is 0 Å². The van der Waals surface area contributed by atoms with Crippen molar-refractivity contribution >= 4 is 23.1 Å². The molecule has 1 aliphatic carbocycles. The molecule has 1 aromatic carbocycles. The lowest BCUT2D eigenvalue weighted by atomic mass is 10.00. The van der Waals surface area contributed by atoms with E-state index < -0.39 is 12.2 Å². The number of carbonyl (C=O) groups excluding carboxylic acids is 1. The number of amides is 2. The van der Waals surface area contributed by atoms with E-state index in [4.69, 9.17) is 5.73 Å². The fraction of sp³-hybridized carbons (Fsp3) is 0.480. The van der Waals surface area contributed by atoms with Gasteiger partial charge in [0.25, 0.3) is 0 Å². The van der Waals surface area contributed by atoms with E-state index in [0.717, 1.165) is 24.3 Å². The number of aliphatic hydroxyl groups excluding tert-OH is 2. The predicted octanol–water partition coefficient (Wildman–Crippen LogP) is 2.06. The Balaban J connectivity index is 1.31. The summed E-state index contributed by atoms with van der Waals surface area (Å²) in [5, 5.41) is 31.7. The summed E-state index contributed by atoms with van der Waals surface area (Å²) in [7, 11) is 0. The van der Waals surface area contributed by atoms with Crippen molar-refractivity contribution in [1.29, 1.82) is 0 Å². The third-order valence-corrected chi connectivity index (χ3v) is 6.83. The molecule has 0 aliphatic heterocycles. The highest BCUT2D eigenvalue weighted by Crippen LogP contribution is 2.40. The normalized spacial score (nSPS) is 22.2. The Hall–Kier alpha value is -3.21. The van der Waals surface area contributed by atoms with E-state index in [-0.39, 0.29) is 23.9 Å². The number of para-hydroxylation sites is 1. The minimum absolute atomic E-state index is 0.0866. The smallest absolute Gasteiger partial charge is 0.319 e. The van der Waals surface area contributed by atoms with Crippen LogP contribution in [0.5, 0.6) is 0 Å². The number of nitrogen functional groups attached to an aromatic ring is 1. The predicted molar refractivity (Wildman–Crippen MR) is 135 cm³/mol. The number of fused-ring (bicyclic) bond motifs is 1. The molecule has 1 aliphatic rings. The van der Waals surface area contributed by atoms with E-state index in [1.807, 2.05) is 42.5 Å². The molecule has 10 nitrogen and oxygen atoms in total. The number of benzene rings is 1. The molecule has 1 saturated carbocycles. The van der Waals surface area contributed by atoms with Gasteiger partial charge in [-0.25, -0.2) is 14.3 Å². The van der Waals surface area contributed by atoms with Crippen molar-refractivity contribution in [1.82, 2.24) is 24.8 Å². The minimum Gasteiger partial charge on any atom is -0.390 e. The van der Waals surface area contributed by atoms with Gasteiger partial charge in [-0.2, -0.15) is 5.10 Å². The van der Waals surface area contributed by atoms with Gasteiger partial charge in [-0.3, -0.25) is 0 Å². The lowest BCUT2D eigenvalue weighted by Crippen LogP contribution is -2.41. The average Bonchev–Trinajstić information content (AvgIpc) is 3.38. The lowest BCUT2D eigenvalue weighted by molar-refractivity contribution is 0.00409. The summed E-state index contributed by atoms with van der Waals surface area (Å²) in [5.74, 6) is 0.0495. The number of hydrogen-bond donors (Lipinski definition) is 5. The second-order valence-corrected chi connectivity index (χ2v) is 9.47. The van der Waals surface area contributed by atoms with Crippen molar-refractivity contribution in [3.05, 3.63) is 54.5 Å². The van der Waals surface area contributed by atoms with Crippen LogP contribution in [0, 0.1) is 5.92 Å². The first-order valence-corrected chi connectivity index (χ1v) is 12.1. The Labute approximate surface area is 205 Å². The summed E-state index contributed by atoms with van der Waals surface area (Å²) in [6.45, 7) is 6.20. The molecule has 2 aromatic heterocycles. The largest absolute Gasteiger partial charge is 0.390 e. The highest BCUT2D eigenvalue weighted by molar-refractivity contribution is 5.89. The Bertz CT molecular complexity index is 1120. The molecule has 2 amide bonds. The van der Waals surface area contributed by atoms with Gasteiger partial charge in [-0.05, 0) is 51.0 Å². The van der Waals surface area contributed by atoms with Gasteiger partial charge in [0, 0.05) is 48.9 Å². The molecule has 35 heavy (non-hydrogen) atoms. The molecule has 0 unspecified atom stereocenters. The monoisotopic (exact) mass is 481 g/mol. The summed E-state index contributed by atoms with van der Waals surface area (Å²) in [5.41, 5.74) is 8.22. The summed E-state index contributed by atoms with van der Waals surface area (Å²) in [6.07, 6.45) is 1.09. The molecule has 188 valence electrons. The van der Waals surface area contributed by atoms with E-state index in [2.05, 4.69) is 39.5 Å². The average molecular weight is 482 g/mol. The van der Waals surface area contributed by atoms with Crippen molar-refractivity contribution < 1.29 is 15.0 Å². The van der Waals surface area contributed by atoms with Crippen LogP contribution in [-0.2, 0) is 0 Å². The summed E-state index contributed by atoms with van der Waals surface area (Å²) in [4.78, 5) is 18.4. The fourth-order valence-corrected chi connectivity index (χ4v) is 4.90. The Kier molecular flexibility index (Phi) is 7.84. The highest BCUT2D eigenvalue weighted by Gasteiger charge is 2.44. The molecule has 0 spiro atoms. The summed E-state index contributed by atoms with van der Waals surface area (Å²) < 4.78 is 1.71. The van der Waals surface area contributed by atoms with Crippen LogP contribution in [-0.4, -0.2) is 73.6 Å². The van der Waals surface area contributed by atoms with Gasteiger partial charge in [0.05, 0.1) is 12.2 Å². The zero-order valence-corrected chi connectivity index (χ0v) is 20.2. The van der Waals surface area contributed by atoms with Crippen molar-refractivity contribution in [2.45, 2.75) is 50.9 Å². The Morgan fingerprint density at radius 2 is 1.97 bits per heavy atom. The molecule has 4 atom stereocenters.